The molecule has 286 valence electrons. The van der Waals surface area contributed by atoms with Gasteiger partial charge in [-0.2, -0.15) is 0 Å². The summed E-state index contributed by atoms with van der Waals surface area (Å²) in [5.74, 6) is -0.330. The van der Waals surface area contributed by atoms with Gasteiger partial charge in [0.1, 0.15) is 24.1 Å². The minimum absolute atomic E-state index is 0.107. The molecule has 7 atom stereocenters. The number of hydrogen-bond acceptors (Lipinski definition) is 10. The maximum atomic E-state index is 13.8. The zero-order valence-electron chi connectivity index (χ0n) is 30.8. The Kier molecular flexibility index (Phi) is 14.8. The van der Waals surface area contributed by atoms with E-state index in [-0.39, 0.29) is 50.6 Å². The number of oxime groups is 1. The molecule has 1 aromatic rings. The summed E-state index contributed by atoms with van der Waals surface area (Å²) in [6.45, 7) is 13.1. The highest BCUT2D eigenvalue weighted by Crippen LogP contribution is 2.61. The van der Waals surface area contributed by atoms with Crippen LogP contribution in [0.3, 0.4) is 0 Å². The fraction of sp³-hybridized carbons (Fsp3) is 0.610. The van der Waals surface area contributed by atoms with Crippen LogP contribution in [0.1, 0.15) is 82.1 Å². The maximum absolute atomic E-state index is 13.8. The second-order valence-corrected chi connectivity index (χ2v) is 14.1. The van der Waals surface area contributed by atoms with Crippen molar-refractivity contribution < 1.29 is 43.5 Å². The largest absolute Gasteiger partial charge is 0.490 e. The molecule has 2 aliphatic carbocycles. The molecule has 2 heterocycles. The number of likely N-dealkylation sites (N-methyl/N-ethyl adjacent to an activating group) is 1. The minimum Gasteiger partial charge on any atom is -0.490 e. The molecule has 1 unspecified atom stereocenters. The van der Waals surface area contributed by atoms with Gasteiger partial charge < -0.3 is 43.6 Å². The summed E-state index contributed by atoms with van der Waals surface area (Å²) < 4.78 is 31.7. The quantitative estimate of drug-likeness (QED) is 0.0826. The summed E-state index contributed by atoms with van der Waals surface area (Å²) in [5, 5.41) is 24.4. The summed E-state index contributed by atoms with van der Waals surface area (Å²) in [6, 6.07) is 5.21. The van der Waals surface area contributed by atoms with E-state index in [1.54, 1.807) is 30.2 Å². The van der Waals surface area contributed by atoms with E-state index >= 15 is 0 Å². The van der Waals surface area contributed by atoms with E-state index in [0.717, 1.165) is 56.1 Å². The van der Waals surface area contributed by atoms with E-state index in [1.807, 2.05) is 12.1 Å². The molecule has 1 saturated heterocycles. The number of amides is 1. The molecule has 0 bridgehead atoms. The Balaban J connectivity index is 1.72. The number of benzene rings is 1. The number of fused-ring (bicyclic) bond motifs is 2. The van der Waals surface area contributed by atoms with Crippen LogP contribution in [0.4, 0.5) is 4.79 Å². The van der Waals surface area contributed by atoms with Crippen LogP contribution in [0.5, 0.6) is 11.5 Å². The first-order valence-corrected chi connectivity index (χ1v) is 19.0. The van der Waals surface area contributed by atoms with Crippen molar-refractivity contribution in [2.24, 2.45) is 22.9 Å². The molecular weight excluding hydrogens is 664 g/mol. The third-order valence-electron chi connectivity index (χ3n) is 10.7. The molecule has 1 aromatic carbocycles. The third kappa shape index (κ3) is 8.93. The molecule has 0 aromatic heterocycles. The van der Waals surface area contributed by atoms with E-state index in [1.165, 1.54) is 0 Å². The van der Waals surface area contributed by atoms with Crippen LogP contribution in [-0.4, -0.2) is 91.7 Å². The van der Waals surface area contributed by atoms with Crippen molar-refractivity contribution in [3.63, 3.8) is 0 Å². The zero-order chi connectivity index (χ0) is 36.9. The van der Waals surface area contributed by atoms with Crippen molar-refractivity contribution in [2.75, 3.05) is 46.7 Å². The van der Waals surface area contributed by atoms with Gasteiger partial charge in [-0.05, 0) is 80.6 Å². The molecule has 2 fully saturated rings. The third-order valence-corrected chi connectivity index (χ3v) is 10.7. The van der Waals surface area contributed by atoms with Crippen LogP contribution in [0.15, 0.2) is 73.0 Å². The van der Waals surface area contributed by atoms with E-state index < -0.39 is 30.1 Å². The summed E-state index contributed by atoms with van der Waals surface area (Å²) >= 11 is 0. The number of carbonyl (C=O) groups is 1. The van der Waals surface area contributed by atoms with Crippen molar-refractivity contribution >= 4 is 11.8 Å². The highest BCUT2D eigenvalue weighted by atomic mass is 16.8. The lowest BCUT2D eigenvalue weighted by Gasteiger charge is -2.59. The summed E-state index contributed by atoms with van der Waals surface area (Å²) in [7, 11) is 1.72. The number of hydrogen-bond donors (Lipinski definition) is 2. The Bertz CT molecular complexity index is 1420. The lowest BCUT2D eigenvalue weighted by molar-refractivity contribution is -0.254. The van der Waals surface area contributed by atoms with Crippen molar-refractivity contribution in [1.82, 2.24) is 4.90 Å². The normalized spacial score (nSPS) is 28.4. The van der Waals surface area contributed by atoms with Gasteiger partial charge in [-0.25, -0.2) is 4.79 Å². The fourth-order valence-corrected chi connectivity index (χ4v) is 8.35. The van der Waals surface area contributed by atoms with Gasteiger partial charge >= 0.3 is 6.09 Å². The number of rotatable bonds is 20. The number of ether oxygens (including phenoxy) is 5. The molecular formula is C41H58N2O9. The molecule has 11 nitrogen and oxygen atoms in total. The second kappa shape index (κ2) is 19.4. The minimum atomic E-state index is -1.35. The Labute approximate surface area is 308 Å². The van der Waals surface area contributed by atoms with Crippen LogP contribution >= 0.6 is 0 Å². The van der Waals surface area contributed by atoms with Crippen LogP contribution < -0.4 is 9.47 Å². The first-order chi connectivity index (χ1) is 25.4. The van der Waals surface area contributed by atoms with Crippen LogP contribution in [0, 0.1) is 17.8 Å². The Morgan fingerprint density at radius 3 is 2.56 bits per heavy atom. The van der Waals surface area contributed by atoms with Crippen molar-refractivity contribution in [3.8, 4) is 11.5 Å². The van der Waals surface area contributed by atoms with Gasteiger partial charge in [0.15, 0.2) is 0 Å². The van der Waals surface area contributed by atoms with Crippen LogP contribution in [0.2, 0.25) is 0 Å². The van der Waals surface area contributed by atoms with Crippen molar-refractivity contribution in [2.45, 2.75) is 94.7 Å². The van der Waals surface area contributed by atoms with E-state index in [4.69, 9.17) is 33.7 Å². The smallest absolute Gasteiger partial charge is 0.409 e. The van der Waals surface area contributed by atoms with Gasteiger partial charge in [0, 0.05) is 44.6 Å². The number of aliphatic hydroxyl groups excluding tert-OH is 2. The number of allylic oxidation sites excluding steroid dienone is 1. The number of unbranched alkanes of at least 4 members (excludes halogenated alkanes) is 2. The van der Waals surface area contributed by atoms with Crippen molar-refractivity contribution in [1.29, 1.82) is 0 Å². The summed E-state index contributed by atoms with van der Waals surface area (Å²) in [6.07, 6.45) is 14.8. The molecule has 2 N–H and O–H groups in total. The molecule has 0 spiro atoms. The topological polar surface area (TPSA) is 129 Å². The van der Waals surface area contributed by atoms with E-state index in [2.05, 4.69) is 31.9 Å². The van der Waals surface area contributed by atoms with Crippen LogP contribution in [-0.2, 0) is 19.0 Å². The number of carbonyl (C=O) groups excluding carboxylic acids is 1. The Hall–Kier alpha value is -3.64. The number of aliphatic hydroxyl groups is 2. The lowest BCUT2D eigenvalue weighted by Crippen LogP contribution is -2.69. The van der Waals surface area contributed by atoms with Gasteiger partial charge in [0.05, 0.1) is 31.5 Å². The highest BCUT2D eigenvalue weighted by molar-refractivity contribution is 6.02. The number of nitrogens with zero attached hydrogens (tertiary/aromatic N) is 2. The molecule has 5 rings (SSSR count). The monoisotopic (exact) mass is 722 g/mol. The molecule has 11 heteroatoms. The van der Waals surface area contributed by atoms with E-state index in [9.17, 15) is 15.0 Å². The van der Waals surface area contributed by atoms with E-state index in [0.29, 0.717) is 49.7 Å². The van der Waals surface area contributed by atoms with Gasteiger partial charge in [0.2, 0.25) is 12.1 Å². The molecule has 4 aliphatic rings. The maximum Gasteiger partial charge on any atom is 0.409 e. The second-order valence-electron chi connectivity index (χ2n) is 14.1. The first kappa shape index (κ1) is 39.6. The van der Waals surface area contributed by atoms with Gasteiger partial charge in [-0.1, -0.05) is 48.9 Å². The average molecular weight is 723 g/mol. The molecule has 0 radical (unpaired) electrons. The van der Waals surface area contributed by atoms with Gasteiger partial charge in [0.25, 0.3) is 0 Å². The van der Waals surface area contributed by atoms with Gasteiger partial charge in [-0.15, -0.1) is 13.2 Å². The molecule has 1 amide bonds. The SMILES string of the molecule is C=CCCOC(=O)N(C)[C@H]1CC(=NOC2CCCCO2)C2=C[C@H](CCCCO)[C@@H](CCCCO)[C@@H]3c4cc(OCC=C)ccc4O[C@@]1(OCC=C)[C@H]23. The highest BCUT2D eigenvalue weighted by Gasteiger charge is 2.65. The predicted molar refractivity (Wildman–Crippen MR) is 199 cm³/mol. The Morgan fingerprint density at radius 2 is 1.85 bits per heavy atom. The zero-order valence-corrected chi connectivity index (χ0v) is 30.8. The average Bonchev–Trinajstić information content (AvgIpc) is 3.17. The lowest BCUT2D eigenvalue weighted by atomic mass is 9.55. The van der Waals surface area contributed by atoms with Crippen LogP contribution in [0.25, 0.3) is 0 Å². The first-order valence-electron chi connectivity index (χ1n) is 19.0. The standard InChI is InChI=1S/C41H58N2O9/c1-5-8-24-49-40(46)43(4)36-28-34(42-52-37-17-11-14-25-48-37)32-26-29(15-9-12-20-44)31(16-10-13-21-45)38-33-27-30(47-22-6-2)18-19-35(33)51-41(36,39(32)38)50-23-7-3/h5-7,18-19,26-27,29,31,36-39,44-45H,1-3,8-17,20-25,28H2,4H3/t29-,31+,36-,37?,38+,39+,41+/m0/s1. The van der Waals surface area contributed by atoms with Crippen molar-refractivity contribution in [3.05, 3.63) is 73.4 Å². The fourth-order valence-electron chi connectivity index (χ4n) is 8.35. The summed E-state index contributed by atoms with van der Waals surface area (Å²) in [5.41, 5.74) is 2.67. The summed E-state index contributed by atoms with van der Waals surface area (Å²) in [4.78, 5) is 21.5. The predicted octanol–water partition coefficient (Wildman–Crippen LogP) is 7.06. The van der Waals surface area contributed by atoms with Gasteiger partial charge in [-0.3, -0.25) is 0 Å². The molecule has 1 saturated carbocycles. The molecule has 52 heavy (non-hydrogen) atoms. The Morgan fingerprint density at radius 1 is 1.06 bits per heavy atom. The molecule has 2 aliphatic heterocycles.